The van der Waals surface area contributed by atoms with E-state index in [-0.39, 0.29) is 12.1 Å². The molecule has 0 fully saturated rings. The van der Waals surface area contributed by atoms with Crippen LogP contribution in [0.2, 0.25) is 0 Å². The molecule has 1 N–H and O–H groups in total. The molecular formula is C39H74O3. The van der Waals surface area contributed by atoms with Gasteiger partial charge in [-0.25, -0.2) is 0 Å². The van der Waals surface area contributed by atoms with E-state index in [2.05, 4.69) is 45.1 Å². The molecule has 0 saturated heterocycles. The minimum Gasteiger partial charge on any atom is -0.466 e. The molecule has 0 spiro atoms. The van der Waals surface area contributed by atoms with E-state index < -0.39 is 0 Å². The van der Waals surface area contributed by atoms with Crippen molar-refractivity contribution in [3.05, 3.63) is 24.3 Å². The maximum absolute atomic E-state index is 12.2. The summed E-state index contributed by atoms with van der Waals surface area (Å²) in [6.07, 6.45) is 42.3. The second-order valence-corrected chi connectivity index (χ2v) is 12.9. The van der Waals surface area contributed by atoms with E-state index in [1.165, 1.54) is 135 Å². The molecule has 0 saturated carbocycles. The summed E-state index contributed by atoms with van der Waals surface area (Å²) in [6, 6.07) is 0. The van der Waals surface area contributed by atoms with Gasteiger partial charge in [-0.1, -0.05) is 167 Å². The SMILES string of the molecule is CCCCC/C=C\C/C=C\CCCCCCCC(=O)OCCC(O)CC(CCCCCCCC)CCCCCCCC. The molecular weight excluding hydrogens is 516 g/mol. The first-order chi connectivity index (χ1) is 20.6. The molecule has 0 aromatic rings. The van der Waals surface area contributed by atoms with E-state index in [0.29, 0.717) is 25.4 Å². The molecule has 0 aromatic carbocycles. The zero-order chi connectivity index (χ0) is 30.8. The first-order valence-electron chi connectivity index (χ1n) is 18.8. The first kappa shape index (κ1) is 40.9. The Morgan fingerprint density at radius 1 is 0.571 bits per heavy atom. The normalized spacial score (nSPS) is 12.7. The predicted molar refractivity (Wildman–Crippen MR) is 185 cm³/mol. The third-order valence-corrected chi connectivity index (χ3v) is 8.58. The zero-order valence-electron chi connectivity index (χ0n) is 28.7. The summed E-state index contributed by atoms with van der Waals surface area (Å²) in [4.78, 5) is 12.2. The Labute approximate surface area is 263 Å². The minimum atomic E-state index is -0.348. The highest BCUT2D eigenvalue weighted by Gasteiger charge is 2.15. The van der Waals surface area contributed by atoms with E-state index in [1.54, 1.807) is 0 Å². The van der Waals surface area contributed by atoms with Crippen molar-refractivity contribution in [2.24, 2.45) is 5.92 Å². The van der Waals surface area contributed by atoms with E-state index in [4.69, 9.17) is 4.74 Å². The van der Waals surface area contributed by atoms with Gasteiger partial charge in [-0.05, 0) is 50.9 Å². The number of unbranched alkanes of at least 4 members (excludes halogenated alkanes) is 18. The summed E-state index contributed by atoms with van der Waals surface area (Å²) in [5.74, 6) is 0.518. The minimum absolute atomic E-state index is 0.0939. The highest BCUT2D eigenvalue weighted by molar-refractivity contribution is 5.69. The monoisotopic (exact) mass is 591 g/mol. The fourth-order valence-corrected chi connectivity index (χ4v) is 5.77. The van der Waals surface area contributed by atoms with Crippen LogP contribution < -0.4 is 0 Å². The van der Waals surface area contributed by atoms with Crippen molar-refractivity contribution < 1.29 is 14.6 Å². The summed E-state index contributed by atoms with van der Waals surface area (Å²) in [5, 5.41) is 10.7. The second-order valence-electron chi connectivity index (χ2n) is 12.9. The fourth-order valence-electron chi connectivity index (χ4n) is 5.77. The fraction of sp³-hybridized carbons (Fsp3) is 0.872. The number of carbonyl (C=O) groups excluding carboxylic acids is 1. The van der Waals surface area contributed by atoms with E-state index in [9.17, 15) is 9.90 Å². The van der Waals surface area contributed by atoms with Gasteiger partial charge in [0.15, 0.2) is 0 Å². The quantitative estimate of drug-likeness (QED) is 0.0470. The van der Waals surface area contributed by atoms with Gasteiger partial charge in [-0.2, -0.15) is 0 Å². The molecule has 0 aliphatic carbocycles. The molecule has 3 heteroatoms. The van der Waals surface area contributed by atoms with Crippen LogP contribution in [0, 0.1) is 5.92 Å². The molecule has 0 aromatic heterocycles. The van der Waals surface area contributed by atoms with E-state index in [0.717, 1.165) is 32.1 Å². The average molecular weight is 591 g/mol. The van der Waals surface area contributed by atoms with Crippen LogP contribution in [-0.4, -0.2) is 23.8 Å². The number of hydrogen-bond acceptors (Lipinski definition) is 3. The third-order valence-electron chi connectivity index (χ3n) is 8.58. The zero-order valence-corrected chi connectivity index (χ0v) is 28.7. The Morgan fingerprint density at radius 3 is 1.60 bits per heavy atom. The van der Waals surface area contributed by atoms with Crippen molar-refractivity contribution in [1.29, 1.82) is 0 Å². The van der Waals surface area contributed by atoms with Crippen LogP contribution in [0.15, 0.2) is 24.3 Å². The van der Waals surface area contributed by atoms with Crippen molar-refractivity contribution in [3.8, 4) is 0 Å². The highest BCUT2D eigenvalue weighted by Crippen LogP contribution is 2.24. The van der Waals surface area contributed by atoms with Gasteiger partial charge in [0, 0.05) is 12.8 Å². The van der Waals surface area contributed by atoms with Crippen molar-refractivity contribution >= 4 is 5.97 Å². The van der Waals surface area contributed by atoms with Gasteiger partial charge in [0.25, 0.3) is 0 Å². The lowest BCUT2D eigenvalue weighted by Gasteiger charge is -2.20. The smallest absolute Gasteiger partial charge is 0.305 e. The molecule has 42 heavy (non-hydrogen) atoms. The number of aliphatic hydroxyl groups excluding tert-OH is 1. The lowest BCUT2D eigenvalue weighted by Crippen LogP contribution is -2.17. The van der Waals surface area contributed by atoms with Gasteiger partial charge < -0.3 is 9.84 Å². The molecule has 0 heterocycles. The van der Waals surface area contributed by atoms with Gasteiger partial charge in [-0.3, -0.25) is 4.79 Å². The molecule has 3 nitrogen and oxygen atoms in total. The molecule has 1 unspecified atom stereocenters. The molecule has 1 atom stereocenters. The summed E-state index contributed by atoms with van der Waals surface area (Å²) >= 11 is 0. The number of carbonyl (C=O) groups is 1. The predicted octanol–water partition coefficient (Wildman–Crippen LogP) is 12.6. The van der Waals surface area contributed by atoms with Crippen molar-refractivity contribution in [2.75, 3.05) is 6.61 Å². The lowest BCUT2D eigenvalue weighted by atomic mass is 9.89. The summed E-state index contributed by atoms with van der Waals surface area (Å²) in [6.45, 7) is 7.15. The molecule has 0 rings (SSSR count). The van der Waals surface area contributed by atoms with Crippen molar-refractivity contribution in [2.45, 2.75) is 207 Å². The van der Waals surface area contributed by atoms with Crippen LogP contribution in [0.3, 0.4) is 0 Å². The van der Waals surface area contributed by atoms with Gasteiger partial charge >= 0.3 is 5.97 Å². The van der Waals surface area contributed by atoms with Gasteiger partial charge in [0.1, 0.15) is 0 Å². The Hall–Kier alpha value is -1.09. The van der Waals surface area contributed by atoms with Crippen LogP contribution in [-0.2, 0) is 9.53 Å². The number of esters is 1. The van der Waals surface area contributed by atoms with Gasteiger partial charge in [0.2, 0.25) is 0 Å². The van der Waals surface area contributed by atoms with Crippen molar-refractivity contribution in [1.82, 2.24) is 0 Å². The van der Waals surface area contributed by atoms with Gasteiger partial charge in [0.05, 0.1) is 12.7 Å². The van der Waals surface area contributed by atoms with Crippen LogP contribution in [0.5, 0.6) is 0 Å². The molecule has 248 valence electrons. The molecule has 0 amide bonds. The van der Waals surface area contributed by atoms with Crippen LogP contribution in [0.25, 0.3) is 0 Å². The Morgan fingerprint density at radius 2 is 1.02 bits per heavy atom. The third kappa shape index (κ3) is 31.8. The number of allylic oxidation sites excluding steroid dienone is 4. The standard InChI is InChI=1S/C39H74O3/c1-4-7-10-13-16-17-18-19-20-21-22-23-24-27-30-33-39(41)42-35-34-38(40)36-37(31-28-25-14-11-8-5-2)32-29-26-15-12-9-6-3/h16-17,19-20,37-38,40H,4-15,18,21-36H2,1-3H3/b17-16-,20-19-. The Balaban J connectivity index is 3.90. The maximum atomic E-state index is 12.2. The summed E-state index contributed by atoms with van der Waals surface area (Å²) in [7, 11) is 0. The molecule has 0 bridgehead atoms. The first-order valence-corrected chi connectivity index (χ1v) is 18.8. The Bertz CT molecular complexity index is 580. The van der Waals surface area contributed by atoms with Crippen LogP contribution in [0.4, 0.5) is 0 Å². The van der Waals surface area contributed by atoms with Gasteiger partial charge in [-0.15, -0.1) is 0 Å². The van der Waals surface area contributed by atoms with Crippen molar-refractivity contribution in [3.63, 3.8) is 0 Å². The number of aliphatic hydroxyl groups is 1. The maximum Gasteiger partial charge on any atom is 0.305 e. The average Bonchev–Trinajstić information content (AvgIpc) is 2.98. The van der Waals surface area contributed by atoms with E-state index >= 15 is 0 Å². The van der Waals surface area contributed by atoms with Crippen LogP contribution >= 0.6 is 0 Å². The van der Waals surface area contributed by atoms with Crippen LogP contribution in [0.1, 0.15) is 201 Å². The Kier molecular flexibility index (Phi) is 33.5. The summed E-state index contributed by atoms with van der Waals surface area (Å²) < 4.78 is 5.47. The largest absolute Gasteiger partial charge is 0.466 e. The second kappa shape index (κ2) is 34.4. The molecule has 0 aliphatic heterocycles. The highest BCUT2D eigenvalue weighted by atomic mass is 16.5. The number of hydrogen-bond donors (Lipinski definition) is 1. The van der Waals surface area contributed by atoms with E-state index in [1.807, 2.05) is 0 Å². The summed E-state index contributed by atoms with van der Waals surface area (Å²) in [5.41, 5.74) is 0. The molecule has 0 aliphatic rings. The topological polar surface area (TPSA) is 46.5 Å². The number of rotatable bonds is 33. The molecule has 0 radical (unpaired) electrons. The lowest BCUT2D eigenvalue weighted by molar-refractivity contribution is -0.144. The number of ether oxygens (including phenoxy) is 1.